The lowest BCUT2D eigenvalue weighted by atomic mass is 10.0. The highest BCUT2D eigenvalue weighted by Crippen LogP contribution is 2.25. The van der Waals surface area contributed by atoms with Gasteiger partial charge in [0.2, 0.25) is 0 Å². The molecule has 0 aliphatic heterocycles. The number of nitrogen functional groups attached to an aromatic ring is 1. The van der Waals surface area contributed by atoms with Crippen molar-refractivity contribution in [3.8, 4) is 17.2 Å². The van der Waals surface area contributed by atoms with Gasteiger partial charge in [0.25, 0.3) is 0 Å². The number of benzene rings is 2. The molecule has 78 valence electrons. The lowest BCUT2D eigenvalue weighted by Gasteiger charge is -2.04. The number of rotatable bonds is 1. The summed E-state index contributed by atoms with van der Waals surface area (Å²) in [6, 6.07) is 13.2. The van der Waals surface area contributed by atoms with Crippen LogP contribution < -0.4 is 5.73 Å². The standard InChI is InChI=1S/C13H9FN2/c14-13-6-5-11(16)7-12(13)10-3-1-9(8-15)2-4-10/h1-7H,16H2. The lowest BCUT2D eigenvalue weighted by molar-refractivity contribution is 0.631. The Labute approximate surface area is 92.8 Å². The minimum Gasteiger partial charge on any atom is -0.399 e. The fraction of sp³-hybridized carbons (Fsp3) is 0. The molecular weight excluding hydrogens is 203 g/mol. The summed E-state index contributed by atoms with van der Waals surface area (Å²) in [6.45, 7) is 0. The summed E-state index contributed by atoms with van der Waals surface area (Å²) in [5, 5.41) is 8.65. The molecule has 0 aliphatic carbocycles. The van der Waals surface area contributed by atoms with Gasteiger partial charge < -0.3 is 5.73 Å². The first kappa shape index (κ1) is 10.2. The van der Waals surface area contributed by atoms with Gasteiger partial charge in [-0.15, -0.1) is 0 Å². The van der Waals surface area contributed by atoms with E-state index in [1.807, 2.05) is 6.07 Å². The molecule has 3 heteroatoms. The SMILES string of the molecule is N#Cc1ccc(-c2cc(N)ccc2F)cc1. The normalized spacial score (nSPS) is 9.75. The van der Waals surface area contributed by atoms with Gasteiger partial charge in [-0.1, -0.05) is 12.1 Å². The highest BCUT2D eigenvalue weighted by molar-refractivity contribution is 5.68. The zero-order chi connectivity index (χ0) is 11.5. The Balaban J connectivity index is 2.50. The van der Waals surface area contributed by atoms with E-state index in [2.05, 4.69) is 0 Å². The lowest BCUT2D eigenvalue weighted by Crippen LogP contribution is -1.89. The van der Waals surface area contributed by atoms with E-state index in [0.29, 0.717) is 22.4 Å². The second kappa shape index (κ2) is 4.03. The van der Waals surface area contributed by atoms with Crippen LogP contribution in [0.1, 0.15) is 5.56 Å². The molecule has 0 spiro atoms. The van der Waals surface area contributed by atoms with E-state index in [-0.39, 0.29) is 5.82 Å². The molecular formula is C13H9FN2. The van der Waals surface area contributed by atoms with Crippen molar-refractivity contribution in [2.45, 2.75) is 0 Å². The number of anilines is 1. The van der Waals surface area contributed by atoms with Gasteiger partial charge >= 0.3 is 0 Å². The summed E-state index contributed by atoms with van der Waals surface area (Å²) in [5.74, 6) is -0.320. The van der Waals surface area contributed by atoms with Crippen molar-refractivity contribution in [3.05, 3.63) is 53.8 Å². The highest BCUT2D eigenvalue weighted by Gasteiger charge is 2.05. The number of halogens is 1. The third kappa shape index (κ3) is 1.86. The molecule has 2 rings (SSSR count). The minimum absolute atomic E-state index is 0.320. The topological polar surface area (TPSA) is 49.8 Å². The van der Waals surface area contributed by atoms with Crippen LogP contribution >= 0.6 is 0 Å². The Bertz CT molecular complexity index is 553. The van der Waals surface area contributed by atoms with E-state index in [4.69, 9.17) is 11.0 Å². The van der Waals surface area contributed by atoms with Gasteiger partial charge in [-0.2, -0.15) is 5.26 Å². The molecule has 0 bridgehead atoms. The highest BCUT2D eigenvalue weighted by atomic mass is 19.1. The van der Waals surface area contributed by atoms with Gasteiger partial charge in [-0.05, 0) is 35.9 Å². The third-order valence-corrected chi connectivity index (χ3v) is 2.32. The monoisotopic (exact) mass is 212 g/mol. The third-order valence-electron chi connectivity index (χ3n) is 2.32. The molecule has 0 fully saturated rings. The van der Waals surface area contributed by atoms with Gasteiger partial charge in [0.15, 0.2) is 0 Å². The molecule has 0 unspecified atom stereocenters. The quantitative estimate of drug-likeness (QED) is 0.739. The van der Waals surface area contributed by atoms with E-state index in [9.17, 15) is 4.39 Å². The molecule has 16 heavy (non-hydrogen) atoms. The molecule has 0 amide bonds. The Morgan fingerprint density at radius 2 is 1.75 bits per heavy atom. The summed E-state index contributed by atoms with van der Waals surface area (Å²) in [4.78, 5) is 0. The molecule has 0 aliphatic rings. The summed E-state index contributed by atoms with van der Waals surface area (Å²) >= 11 is 0. The number of nitriles is 1. The molecule has 0 saturated heterocycles. The van der Waals surface area contributed by atoms with Crippen LogP contribution in [0.2, 0.25) is 0 Å². The first-order valence-corrected chi connectivity index (χ1v) is 4.76. The van der Waals surface area contributed by atoms with Crippen molar-refractivity contribution < 1.29 is 4.39 Å². The fourth-order valence-electron chi connectivity index (χ4n) is 1.49. The number of hydrogen-bond donors (Lipinski definition) is 1. The Kier molecular flexibility index (Phi) is 2.57. The largest absolute Gasteiger partial charge is 0.399 e. The summed E-state index contributed by atoms with van der Waals surface area (Å²) < 4.78 is 13.5. The average Bonchev–Trinajstić information content (AvgIpc) is 2.32. The maximum atomic E-state index is 13.5. The summed E-state index contributed by atoms with van der Waals surface area (Å²) in [5.41, 5.74) is 7.83. The number of hydrogen-bond acceptors (Lipinski definition) is 2. The van der Waals surface area contributed by atoms with Crippen molar-refractivity contribution >= 4 is 5.69 Å². The molecule has 0 aromatic heterocycles. The molecule has 0 atom stereocenters. The smallest absolute Gasteiger partial charge is 0.131 e. The van der Waals surface area contributed by atoms with Crippen molar-refractivity contribution in [2.24, 2.45) is 0 Å². The summed E-state index contributed by atoms with van der Waals surface area (Å²) in [7, 11) is 0. The van der Waals surface area contributed by atoms with Gasteiger partial charge in [-0.3, -0.25) is 0 Å². The number of nitrogens with two attached hydrogens (primary N) is 1. The van der Waals surface area contributed by atoms with Gasteiger partial charge in [0.05, 0.1) is 11.6 Å². The van der Waals surface area contributed by atoms with Crippen LogP contribution in [0.3, 0.4) is 0 Å². The van der Waals surface area contributed by atoms with Gasteiger partial charge in [0.1, 0.15) is 5.82 Å². The zero-order valence-electron chi connectivity index (χ0n) is 8.44. The minimum atomic E-state index is -0.320. The van der Waals surface area contributed by atoms with Crippen molar-refractivity contribution in [1.82, 2.24) is 0 Å². The Hall–Kier alpha value is -2.34. The van der Waals surface area contributed by atoms with Crippen LogP contribution in [0.4, 0.5) is 10.1 Å². The molecule has 2 N–H and O–H groups in total. The van der Waals surface area contributed by atoms with Crippen LogP contribution in [0.5, 0.6) is 0 Å². The Morgan fingerprint density at radius 1 is 1.06 bits per heavy atom. The molecule has 0 radical (unpaired) electrons. The van der Waals surface area contributed by atoms with E-state index in [1.165, 1.54) is 12.1 Å². The molecule has 2 nitrogen and oxygen atoms in total. The van der Waals surface area contributed by atoms with Crippen LogP contribution in [-0.4, -0.2) is 0 Å². The second-order valence-electron chi connectivity index (χ2n) is 3.43. The van der Waals surface area contributed by atoms with Gasteiger partial charge in [0, 0.05) is 11.3 Å². The second-order valence-corrected chi connectivity index (χ2v) is 3.43. The van der Waals surface area contributed by atoms with E-state index < -0.39 is 0 Å². The fourth-order valence-corrected chi connectivity index (χ4v) is 1.49. The van der Waals surface area contributed by atoms with Crippen LogP contribution in [-0.2, 0) is 0 Å². The molecule has 2 aromatic carbocycles. The van der Waals surface area contributed by atoms with Gasteiger partial charge in [-0.25, -0.2) is 4.39 Å². The molecule has 0 saturated carbocycles. The van der Waals surface area contributed by atoms with Crippen LogP contribution in [0, 0.1) is 17.1 Å². The average molecular weight is 212 g/mol. The maximum absolute atomic E-state index is 13.5. The maximum Gasteiger partial charge on any atom is 0.131 e. The van der Waals surface area contributed by atoms with E-state index in [0.717, 1.165) is 0 Å². The van der Waals surface area contributed by atoms with Crippen molar-refractivity contribution in [3.63, 3.8) is 0 Å². The van der Waals surface area contributed by atoms with Crippen LogP contribution in [0.15, 0.2) is 42.5 Å². The predicted molar refractivity (Wildman–Crippen MR) is 61.0 cm³/mol. The number of nitrogens with zero attached hydrogens (tertiary/aromatic N) is 1. The van der Waals surface area contributed by atoms with Crippen molar-refractivity contribution in [2.75, 3.05) is 5.73 Å². The first-order chi connectivity index (χ1) is 7.70. The molecule has 2 aromatic rings. The van der Waals surface area contributed by atoms with E-state index >= 15 is 0 Å². The van der Waals surface area contributed by atoms with Crippen molar-refractivity contribution in [1.29, 1.82) is 5.26 Å². The summed E-state index contributed by atoms with van der Waals surface area (Å²) in [6.07, 6.45) is 0. The van der Waals surface area contributed by atoms with Crippen LogP contribution in [0.25, 0.3) is 11.1 Å². The molecule has 0 heterocycles. The predicted octanol–water partition coefficient (Wildman–Crippen LogP) is 2.95. The Morgan fingerprint density at radius 3 is 2.38 bits per heavy atom. The zero-order valence-corrected chi connectivity index (χ0v) is 8.44. The van der Waals surface area contributed by atoms with E-state index in [1.54, 1.807) is 30.3 Å². The first-order valence-electron chi connectivity index (χ1n) is 4.76.